The number of rotatable bonds is 6. The van der Waals surface area contributed by atoms with Crippen molar-refractivity contribution in [3.63, 3.8) is 0 Å². The summed E-state index contributed by atoms with van der Waals surface area (Å²) in [6.45, 7) is 3.18. The van der Waals surface area contributed by atoms with Crippen molar-refractivity contribution in [2.24, 2.45) is 0 Å². The van der Waals surface area contributed by atoms with Crippen LogP contribution in [0.2, 0.25) is 0 Å². The smallest absolute Gasteiger partial charge is 0.338 e. The number of hydrogen-bond acceptors (Lipinski definition) is 3. The highest BCUT2D eigenvalue weighted by Crippen LogP contribution is 2.14. The van der Waals surface area contributed by atoms with Gasteiger partial charge < -0.3 is 10.1 Å². The van der Waals surface area contributed by atoms with Crippen LogP contribution in [-0.4, -0.2) is 12.6 Å². The van der Waals surface area contributed by atoms with Gasteiger partial charge in [0.2, 0.25) is 0 Å². The van der Waals surface area contributed by atoms with Crippen LogP contribution in [0.15, 0.2) is 53.0 Å². The first-order chi connectivity index (χ1) is 10.2. The Hall–Kier alpha value is -1.81. The lowest BCUT2D eigenvalue weighted by atomic mass is 10.2. The molecular weight excluding hydrogens is 330 g/mol. The predicted molar refractivity (Wildman–Crippen MR) is 88.5 cm³/mol. The van der Waals surface area contributed by atoms with Crippen molar-refractivity contribution in [3.05, 3.63) is 64.1 Å². The highest BCUT2D eigenvalue weighted by Gasteiger charge is 2.05. The molecule has 2 rings (SSSR count). The maximum atomic E-state index is 11.7. The number of carbonyl (C=O) groups is 1. The lowest BCUT2D eigenvalue weighted by Crippen LogP contribution is -2.06. The minimum atomic E-state index is -0.267. The molecule has 0 atom stereocenters. The minimum Gasteiger partial charge on any atom is -0.462 e. The zero-order valence-corrected chi connectivity index (χ0v) is 13.5. The zero-order valence-electron chi connectivity index (χ0n) is 11.9. The Morgan fingerprint density at radius 2 is 1.76 bits per heavy atom. The van der Waals surface area contributed by atoms with Gasteiger partial charge in [-0.25, -0.2) is 4.79 Å². The van der Waals surface area contributed by atoms with Crippen molar-refractivity contribution in [2.75, 3.05) is 11.9 Å². The highest BCUT2D eigenvalue weighted by molar-refractivity contribution is 9.10. The second-order valence-electron chi connectivity index (χ2n) is 4.69. The number of halogens is 1. The fraction of sp³-hybridized carbons (Fsp3) is 0.235. The maximum absolute atomic E-state index is 11.7. The SMILES string of the molecule is CCCOC(=O)c1ccc(NCc2ccc(Br)cc2)cc1. The van der Waals surface area contributed by atoms with Crippen LogP contribution < -0.4 is 5.32 Å². The van der Waals surface area contributed by atoms with E-state index in [4.69, 9.17) is 4.74 Å². The minimum absolute atomic E-state index is 0.267. The first-order valence-corrected chi connectivity index (χ1v) is 7.74. The summed E-state index contributed by atoms with van der Waals surface area (Å²) < 4.78 is 6.16. The molecule has 0 unspecified atom stereocenters. The summed E-state index contributed by atoms with van der Waals surface area (Å²) in [5, 5.41) is 3.32. The van der Waals surface area contributed by atoms with Gasteiger partial charge in [0.1, 0.15) is 0 Å². The Kier molecular flexibility index (Phi) is 5.81. The fourth-order valence-electron chi connectivity index (χ4n) is 1.81. The van der Waals surface area contributed by atoms with Gasteiger partial charge in [-0.3, -0.25) is 0 Å². The average Bonchev–Trinajstić information content (AvgIpc) is 2.52. The topological polar surface area (TPSA) is 38.3 Å². The molecule has 0 aliphatic rings. The molecule has 0 saturated heterocycles. The predicted octanol–water partition coefficient (Wildman–Crippen LogP) is 4.63. The summed E-state index contributed by atoms with van der Waals surface area (Å²) in [6.07, 6.45) is 0.832. The number of ether oxygens (including phenoxy) is 1. The van der Waals surface area contributed by atoms with Gasteiger partial charge in [-0.05, 0) is 48.4 Å². The number of hydrogen-bond donors (Lipinski definition) is 1. The van der Waals surface area contributed by atoms with Crippen LogP contribution in [0.4, 0.5) is 5.69 Å². The van der Waals surface area contributed by atoms with Crippen molar-refractivity contribution in [1.29, 1.82) is 0 Å². The largest absolute Gasteiger partial charge is 0.462 e. The third kappa shape index (κ3) is 4.90. The maximum Gasteiger partial charge on any atom is 0.338 e. The second kappa shape index (κ2) is 7.84. The summed E-state index contributed by atoms with van der Waals surface area (Å²) in [4.78, 5) is 11.7. The van der Waals surface area contributed by atoms with E-state index >= 15 is 0 Å². The van der Waals surface area contributed by atoms with Crippen LogP contribution in [0, 0.1) is 0 Å². The van der Waals surface area contributed by atoms with Gasteiger partial charge in [0.15, 0.2) is 0 Å². The van der Waals surface area contributed by atoms with E-state index in [2.05, 4.69) is 33.4 Å². The van der Waals surface area contributed by atoms with Gasteiger partial charge in [-0.1, -0.05) is 35.0 Å². The van der Waals surface area contributed by atoms with Crippen molar-refractivity contribution >= 4 is 27.6 Å². The van der Waals surface area contributed by atoms with E-state index in [1.54, 1.807) is 12.1 Å². The van der Waals surface area contributed by atoms with Gasteiger partial charge in [-0.15, -0.1) is 0 Å². The molecule has 0 fully saturated rings. The second-order valence-corrected chi connectivity index (χ2v) is 5.61. The Morgan fingerprint density at radius 1 is 1.10 bits per heavy atom. The molecule has 2 aromatic carbocycles. The van der Waals surface area contributed by atoms with E-state index in [0.29, 0.717) is 12.2 Å². The van der Waals surface area contributed by atoms with E-state index in [1.165, 1.54) is 5.56 Å². The number of nitrogens with one attached hydrogen (secondary N) is 1. The molecule has 4 heteroatoms. The van der Waals surface area contributed by atoms with Crippen molar-refractivity contribution < 1.29 is 9.53 Å². The van der Waals surface area contributed by atoms with E-state index in [9.17, 15) is 4.79 Å². The Bertz CT molecular complexity index is 579. The van der Waals surface area contributed by atoms with E-state index in [0.717, 1.165) is 23.1 Å². The van der Waals surface area contributed by atoms with Crippen LogP contribution >= 0.6 is 15.9 Å². The summed E-state index contributed by atoms with van der Waals surface area (Å²) in [5.74, 6) is -0.267. The zero-order chi connectivity index (χ0) is 15.1. The molecule has 0 heterocycles. The quantitative estimate of drug-likeness (QED) is 0.774. The Labute approximate surface area is 133 Å². The monoisotopic (exact) mass is 347 g/mol. The third-order valence-electron chi connectivity index (χ3n) is 2.97. The van der Waals surface area contributed by atoms with Crippen molar-refractivity contribution in [1.82, 2.24) is 0 Å². The van der Waals surface area contributed by atoms with E-state index in [1.807, 2.05) is 31.2 Å². The van der Waals surface area contributed by atoms with Crippen LogP contribution in [0.3, 0.4) is 0 Å². The molecule has 0 aromatic heterocycles. The summed E-state index contributed by atoms with van der Waals surface area (Å²) >= 11 is 3.42. The third-order valence-corrected chi connectivity index (χ3v) is 3.50. The molecule has 0 amide bonds. The molecular formula is C17H18BrNO2. The fourth-order valence-corrected chi connectivity index (χ4v) is 2.07. The van der Waals surface area contributed by atoms with E-state index in [-0.39, 0.29) is 5.97 Å². The first kappa shape index (κ1) is 15.6. The standard InChI is InChI=1S/C17H18BrNO2/c1-2-11-21-17(20)14-5-9-16(10-6-14)19-12-13-3-7-15(18)8-4-13/h3-10,19H,2,11-12H2,1H3. The molecule has 1 N–H and O–H groups in total. The molecule has 0 radical (unpaired) electrons. The molecule has 3 nitrogen and oxygen atoms in total. The number of esters is 1. The van der Waals surface area contributed by atoms with Crippen LogP contribution in [-0.2, 0) is 11.3 Å². The number of benzene rings is 2. The normalized spacial score (nSPS) is 10.2. The van der Waals surface area contributed by atoms with Crippen LogP contribution in [0.1, 0.15) is 29.3 Å². The number of anilines is 1. The summed E-state index contributed by atoms with van der Waals surface area (Å²) in [7, 11) is 0. The van der Waals surface area contributed by atoms with Gasteiger partial charge in [0.25, 0.3) is 0 Å². The van der Waals surface area contributed by atoms with Crippen LogP contribution in [0.5, 0.6) is 0 Å². The Morgan fingerprint density at radius 3 is 2.38 bits per heavy atom. The van der Waals surface area contributed by atoms with Crippen LogP contribution in [0.25, 0.3) is 0 Å². The summed E-state index contributed by atoms with van der Waals surface area (Å²) in [5.41, 5.74) is 2.76. The Balaban J connectivity index is 1.90. The van der Waals surface area contributed by atoms with Gasteiger partial charge in [0.05, 0.1) is 12.2 Å². The average molecular weight is 348 g/mol. The van der Waals surface area contributed by atoms with Gasteiger partial charge in [0, 0.05) is 16.7 Å². The molecule has 0 aliphatic carbocycles. The molecule has 21 heavy (non-hydrogen) atoms. The van der Waals surface area contributed by atoms with E-state index < -0.39 is 0 Å². The van der Waals surface area contributed by atoms with Crippen molar-refractivity contribution in [2.45, 2.75) is 19.9 Å². The van der Waals surface area contributed by atoms with Gasteiger partial charge in [-0.2, -0.15) is 0 Å². The lowest BCUT2D eigenvalue weighted by Gasteiger charge is -2.08. The molecule has 2 aromatic rings. The van der Waals surface area contributed by atoms with Crippen molar-refractivity contribution in [3.8, 4) is 0 Å². The molecule has 0 saturated carbocycles. The summed E-state index contributed by atoms with van der Waals surface area (Å²) in [6, 6.07) is 15.5. The lowest BCUT2D eigenvalue weighted by molar-refractivity contribution is 0.0505. The molecule has 0 bridgehead atoms. The highest BCUT2D eigenvalue weighted by atomic mass is 79.9. The van der Waals surface area contributed by atoms with Gasteiger partial charge >= 0.3 is 5.97 Å². The number of carbonyl (C=O) groups excluding carboxylic acids is 1. The molecule has 0 aliphatic heterocycles. The molecule has 110 valence electrons. The first-order valence-electron chi connectivity index (χ1n) is 6.94. The molecule has 0 spiro atoms.